The summed E-state index contributed by atoms with van der Waals surface area (Å²) in [4.78, 5) is 34.6. The lowest BCUT2D eigenvalue weighted by molar-refractivity contribution is -0.124. The van der Waals surface area contributed by atoms with Crippen molar-refractivity contribution in [2.24, 2.45) is 11.8 Å². The fourth-order valence-corrected chi connectivity index (χ4v) is 8.50. The fourth-order valence-electron chi connectivity index (χ4n) is 7.41. The van der Waals surface area contributed by atoms with Gasteiger partial charge in [0, 0.05) is 42.7 Å². The average molecular weight is 628 g/mol. The molecule has 0 unspecified atom stereocenters. The van der Waals surface area contributed by atoms with E-state index >= 15 is 0 Å². The molecule has 7 heteroatoms. The molecule has 3 fully saturated rings. The van der Waals surface area contributed by atoms with Gasteiger partial charge in [0.25, 0.3) is 0 Å². The third kappa shape index (κ3) is 7.79. The Bertz CT molecular complexity index is 1460. The molecular formula is C38H49N3O3S. The first kappa shape index (κ1) is 31.8. The number of methoxy groups -OCH3 is 1. The number of amides is 2. The van der Waals surface area contributed by atoms with Crippen LogP contribution in [-0.2, 0) is 9.59 Å². The number of hydrogen-bond donors (Lipinski definition) is 1. The van der Waals surface area contributed by atoms with Gasteiger partial charge in [0.1, 0.15) is 5.75 Å². The van der Waals surface area contributed by atoms with Gasteiger partial charge in [0.15, 0.2) is 0 Å². The van der Waals surface area contributed by atoms with Crippen LogP contribution in [0.1, 0.15) is 112 Å². The molecule has 0 aliphatic heterocycles. The summed E-state index contributed by atoms with van der Waals surface area (Å²) in [6.07, 6.45) is 13.9. The predicted molar refractivity (Wildman–Crippen MR) is 183 cm³/mol. The number of carbonyl (C=O) groups is 2. The monoisotopic (exact) mass is 627 g/mol. The van der Waals surface area contributed by atoms with Crippen molar-refractivity contribution in [1.82, 2.24) is 10.3 Å². The van der Waals surface area contributed by atoms with E-state index in [1.54, 1.807) is 18.4 Å². The molecular weight excluding hydrogens is 579 g/mol. The highest BCUT2D eigenvalue weighted by Gasteiger charge is 2.33. The molecule has 3 aromatic rings. The number of hydrogen-bond acceptors (Lipinski definition) is 5. The normalized spacial score (nSPS) is 23.4. The number of aryl methyl sites for hydroxylation is 1. The fraction of sp³-hybridized carbons (Fsp3) is 0.553. The molecule has 0 radical (unpaired) electrons. The molecule has 1 N–H and O–H groups in total. The minimum Gasteiger partial charge on any atom is -0.496 e. The first-order valence-corrected chi connectivity index (χ1v) is 18.0. The summed E-state index contributed by atoms with van der Waals surface area (Å²) in [7, 11) is 1.73. The molecule has 240 valence electrons. The Morgan fingerprint density at radius 3 is 2.40 bits per heavy atom. The molecule has 0 saturated heterocycles. The van der Waals surface area contributed by atoms with Gasteiger partial charge >= 0.3 is 0 Å². The van der Waals surface area contributed by atoms with Crippen molar-refractivity contribution in [2.45, 2.75) is 109 Å². The summed E-state index contributed by atoms with van der Waals surface area (Å²) in [6.45, 7) is 4.92. The van der Waals surface area contributed by atoms with Gasteiger partial charge in [-0.2, -0.15) is 0 Å². The number of thiazole rings is 1. The number of ether oxygens (including phenoxy) is 1. The lowest BCUT2D eigenvalue weighted by Gasteiger charge is -2.36. The zero-order chi connectivity index (χ0) is 31.3. The molecule has 1 aromatic heterocycles. The predicted octanol–water partition coefficient (Wildman–Crippen LogP) is 8.79. The van der Waals surface area contributed by atoms with Crippen LogP contribution in [-0.4, -0.2) is 36.5 Å². The van der Waals surface area contributed by atoms with E-state index in [4.69, 9.17) is 9.72 Å². The van der Waals surface area contributed by atoms with Crippen LogP contribution >= 0.6 is 11.3 Å². The van der Waals surface area contributed by atoms with Gasteiger partial charge in [-0.15, -0.1) is 11.3 Å². The van der Waals surface area contributed by atoms with Crippen molar-refractivity contribution in [3.8, 4) is 16.2 Å². The first-order valence-electron chi connectivity index (χ1n) is 17.2. The summed E-state index contributed by atoms with van der Waals surface area (Å²) in [5, 5.41) is 4.44. The minimum atomic E-state index is -0.00327. The third-order valence-corrected chi connectivity index (χ3v) is 11.5. The highest BCUT2D eigenvalue weighted by Crippen LogP contribution is 2.44. The molecule has 0 spiro atoms. The van der Waals surface area contributed by atoms with Crippen molar-refractivity contribution in [2.75, 3.05) is 18.6 Å². The van der Waals surface area contributed by atoms with Gasteiger partial charge in [-0.3, -0.25) is 9.59 Å². The molecule has 2 aromatic carbocycles. The van der Waals surface area contributed by atoms with Crippen LogP contribution in [0.4, 0.5) is 5.69 Å². The van der Waals surface area contributed by atoms with Gasteiger partial charge in [-0.1, -0.05) is 31.2 Å². The van der Waals surface area contributed by atoms with Gasteiger partial charge < -0.3 is 15.0 Å². The van der Waals surface area contributed by atoms with Crippen molar-refractivity contribution in [1.29, 1.82) is 0 Å². The molecule has 6 nitrogen and oxygen atoms in total. The Balaban J connectivity index is 1.16. The Kier molecular flexibility index (Phi) is 10.2. The van der Waals surface area contributed by atoms with E-state index in [0.29, 0.717) is 24.2 Å². The molecule has 3 saturated carbocycles. The van der Waals surface area contributed by atoms with Crippen LogP contribution in [0.25, 0.3) is 10.4 Å². The van der Waals surface area contributed by atoms with Crippen LogP contribution < -0.4 is 15.0 Å². The van der Waals surface area contributed by atoms with Gasteiger partial charge in [0.05, 0.1) is 17.0 Å². The maximum atomic E-state index is 14.4. The number of anilines is 1. The quantitative estimate of drug-likeness (QED) is 0.231. The summed E-state index contributed by atoms with van der Waals surface area (Å²) in [6, 6.07) is 15.4. The maximum Gasteiger partial charge on any atom is 0.230 e. The number of carbonyl (C=O) groups excluding carboxylic acids is 2. The lowest BCUT2D eigenvalue weighted by atomic mass is 9.78. The van der Waals surface area contributed by atoms with E-state index in [1.165, 1.54) is 33.9 Å². The highest BCUT2D eigenvalue weighted by molar-refractivity contribution is 7.15. The number of benzene rings is 2. The largest absolute Gasteiger partial charge is 0.496 e. The number of rotatable bonds is 11. The Morgan fingerprint density at radius 1 is 0.956 bits per heavy atom. The molecule has 45 heavy (non-hydrogen) atoms. The summed E-state index contributed by atoms with van der Waals surface area (Å²) >= 11 is 1.80. The van der Waals surface area contributed by atoms with E-state index in [0.717, 1.165) is 81.3 Å². The molecule has 1 heterocycles. The van der Waals surface area contributed by atoms with Crippen LogP contribution in [0.5, 0.6) is 5.75 Å². The minimum absolute atomic E-state index is 0.00327. The van der Waals surface area contributed by atoms with Crippen molar-refractivity contribution in [3.63, 3.8) is 0 Å². The van der Waals surface area contributed by atoms with Crippen LogP contribution in [0, 0.1) is 18.8 Å². The van der Waals surface area contributed by atoms with Crippen LogP contribution in [0.3, 0.4) is 0 Å². The molecule has 3 aliphatic carbocycles. The molecule has 6 rings (SSSR count). The van der Waals surface area contributed by atoms with E-state index in [-0.39, 0.29) is 23.8 Å². The standard InChI is InChI=1S/C38H49N3O3S/c1-4-6-36(42)40-32-18-15-29(16-19-32)38(43)41(33-8-5-7-31(22-33)35-23-39-37(45-35)28-13-14-28)24-26-9-11-27(12-10-26)30-17-20-34(44-3)25(2)21-30/h5,7-8,17,20-23,26-29,32H,4,6,9-16,18-19,24H2,1-3H3,(H,40,42). The zero-order valence-corrected chi connectivity index (χ0v) is 28.0. The van der Waals surface area contributed by atoms with Gasteiger partial charge in [-0.05, 0) is 124 Å². The summed E-state index contributed by atoms with van der Waals surface area (Å²) in [5.41, 5.74) is 4.75. The van der Waals surface area contributed by atoms with Crippen LogP contribution in [0.2, 0.25) is 0 Å². The lowest BCUT2D eigenvalue weighted by Crippen LogP contribution is -2.44. The SMILES string of the molecule is CCCC(=O)NC1CCC(C(=O)N(CC2CCC(c3ccc(OC)c(C)c3)CC2)c2cccc(-c3cnc(C4CC4)s3)c2)CC1. The number of nitrogens with one attached hydrogen (secondary N) is 1. The maximum absolute atomic E-state index is 14.4. The van der Waals surface area contributed by atoms with Crippen molar-refractivity contribution < 1.29 is 14.3 Å². The smallest absolute Gasteiger partial charge is 0.230 e. The summed E-state index contributed by atoms with van der Waals surface area (Å²) < 4.78 is 5.49. The second kappa shape index (κ2) is 14.5. The zero-order valence-electron chi connectivity index (χ0n) is 27.2. The number of nitrogens with zero attached hydrogens (tertiary/aromatic N) is 2. The molecule has 3 aliphatic rings. The Labute approximate surface area is 273 Å². The topological polar surface area (TPSA) is 71.5 Å². The Hall–Kier alpha value is -3.19. The van der Waals surface area contributed by atoms with Crippen molar-refractivity contribution >= 4 is 28.8 Å². The van der Waals surface area contributed by atoms with Crippen molar-refractivity contribution in [3.05, 3.63) is 64.8 Å². The molecule has 0 atom stereocenters. The summed E-state index contributed by atoms with van der Waals surface area (Å²) in [5.74, 6) is 3.01. The average Bonchev–Trinajstić information content (AvgIpc) is 3.80. The first-order chi connectivity index (χ1) is 21.9. The third-order valence-electron chi connectivity index (χ3n) is 10.3. The van der Waals surface area contributed by atoms with Crippen LogP contribution in [0.15, 0.2) is 48.7 Å². The van der Waals surface area contributed by atoms with E-state index in [9.17, 15) is 9.59 Å². The highest BCUT2D eigenvalue weighted by atomic mass is 32.1. The van der Waals surface area contributed by atoms with E-state index in [2.05, 4.69) is 59.6 Å². The number of aromatic nitrogens is 1. The second-order valence-corrected chi connectivity index (χ2v) is 14.7. The second-order valence-electron chi connectivity index (χ2n) is 13.6. The van der Waals surface area contributed by atoms with Gasteiger partial charge in [-0.25, -0.2) is 4.98 Å². The molecule has 2 amide bonds. The van der Waals surface area contributed by atoms with E-state index in [1.807, 2.05) is 13.1 Å². The molecule has 0 bridgehead atoms. The van der Waals surface area contributed by atoms with Gasteiger partial charge in [0.2, 0.25) is 11.8 Å². The van der Waals surface area contributed by atoms with E-state index < -0.39 is 0 Å². The Morgan fingerprint density at radius 2 is 1.71 bits per heavy atom.